The zero-order valence-electron chi connectivity index (χ0n) is 17.2. The molecule has 1 saturated heterocycles. The lowest BCUT2D eigenvalue weighted by atomic mass is 9.92. The molecule has 1 unspecified atom stereocenters. The van der Waals surface area contributed by atoms with Gasteiger partial charge in [-0.05, 0) is 49.4 Å². The van der Waals surface area contributed by atoms with Gasteiger partial charge in [0.2, 0.25) is 0 Å². The van der Waals surface area contributed by atoms with E-state index in [1.54, 1.807) is 6.92 Å². The maximum absolute atomic E-state index is 12.9. The van der Waals surface area contributed by atoms with Crippen molar-refractivity contribution >= 4 is 40.4 Å². The Morgan fingerprint density at radius 3 is 2.65 bits per heavy atom. The second-order valence-electron chi connectivity index (χ2n) is 7.41. The minimum atomic E-state index is -0.593. The number of hydrogen-bond donors (Lipinski definition) is 1. The zero-order valence-corrected chi connectivity index (χ0v) is 18.8. The van der Waals surface area contributed by atoms with Crippen LogP contribution in [0.3, 0.4) is 0 Å². The van der Waals surface area contributed by atoms with Crippen LogP contribution in [0.4, 0.5) is 0 Å². The first kappa shape index (κ1) is 21.8. The number of fused-ring (bicyclic) bond motifs is 1. The topological polar surface area (TPSA) is 94.2 Å². The SMILES string of the molecule is COC(=O)c1cc(C)nc2nc(SC(c3ccc(Cl)cc3)C3CCOCC3)[nH]c(=O)c12. The average molecular weight is 460 g/mol. The van der Waals surface area contributed by atoms with E-state index in [9.17, 15) is 9.59 Å². The number of hydrogen-bond acceptors (Lipinski definition) is 7. The minimum absolute atomic E-state index is 0.0617. The Balaban J connectivity index is 1.76. The molecule has 0 spiro atoms. The number of rotatable bonds is 5. The Hall–Kier alpha value is -2.42. The van der Waals surface area contributed by atoms with Gasteiger partial charge in [-0.1, -0.05) is 35.5 Å². The van der Waals surface area contributed by atoms with Gasteiger partial charge in [0.05, 0.1) is 18.1 Å². The highest BCUT2D eigenvalue weighted by Gasteiger charge is 2.28. The lowest BCUT2D eigenvalue weighted by molar-refractivity contribution is 0.0602. The summed E-state index contributed by atoms with van der Waals surface area (Å²) >= 11 is 7.57. The molecule has 3 aromatic rings. The van der Waals surface area contributed by atoms with Crippen LogP contribution in [0, 0.1) is 12.8 Å². The number of aromatic nitrogens is 3. The number of nitrogens with zero attached hydrogens (tertiary/aromatic N) is 2. The zero-order chi connectivity index (χ0) is 22.0. The number of methoxy groups -OCH3 is 1. The van der Waals surface area contributed by atoms with Gasteiger partial charge in [0.15, 0.2) is 10.8 Å². The van der Waals surface area contributed by atoms with Gasteiger partial charge in [-0.2, -0.15) is 0 Å². The van der Waals surface area contributed by atoms with Gasteiger partial charge in [0.1, 0.15) is 0 Å². The van der Waals surface area contributed by atoms with Crippen molar-refractivity contribution in [2.24, 2.45) is 5.92 Å². The summed E-state index contributed by atoms with van der Waals surface area (Å²) < 4.78 is 10.4. The molecule has 1 atom stereocenters. The van der Waals surface area contributed by atoms with Crippen molar-refractivity contribution in [2.45, 2.75) is 30.2 Å². The van der Waals surface area contributed by atoms with Crippen LogP contribution in [-0.2, 0) is 9.47 Å². The summed E-state index contributed by atoms with van der Waals surface area (Å²) in [4.78, 5) is 36.9. The Labute approximate surface area is 188 Å². The Kier molecular flexibility index (Phi) is 6.60. The fourth-order valence-corrected chi connectivity index (χ4v) is 5.21. The molecule has 1 aliphatic rings. The van der Waals surface area contributed by atoms with Crippen LogP contribution < -0.4 is 5.56 Å². The molecule has 0 saturated carbocycles. The Morgan fingerprint density at radius 1 is 1.26 bits per heavy atom. The first-order chi connectivity index (χ1) is 15.0. The molecule has 0 bridgehead atoms. The molecular weight excluding hydrogens is 438 g/mol. The van der Waals surface area contributed by atoms with Gasteiger partial charge in [0.25, 0.3) is 5.56 Å². The number of aryl methyl sites for hydroxylation is 1. The number of carbonyl (C=O) groups excluding carboxylic acids is 1. The normalized spacial score (nSPS) is 15.7. The maximum Gasteiger partial charge on any atom is 0.338 e. The summed E-state index contributed by atoms with van der Waals surface area (Å²) in [5.41, 5.74) is 1.67. The van der Waals surface area contributed by atoms with Crippen LogP contribution in [0.5, 0.6) is 0 Å². The van der Waals surface area contributed by atoms with E-state index in [1.807, 2.05) is 24.3 Å². The summed E-state index contributed by atoms with van der Waals surface area (Å²) in [5, 5.41) is 1.33. The fourth-order valence-electron chi connectivity index (χ4n) is 3.80. The Morgan fingerprint density at radius 2 is 1.97 bits per heavy atom. The van der Waals surface area contributed by atoms with Crippen LogP contribution in [0.25, 0.3) is 11.0 Å². The highest BCUT2D eigenvalue weighted by atomic mass is 35.5. The molecule has 1 aliphatic heterocycles. The summed E-state index contributed by atoms with van der Waals surface area (Å²) in [6.07, 6.45) is 1.84. The van der Waals surface area contributed by atoms with Crippen LogP contribution in [0.1, 0.15) is 39.7 Å². The van der Waals surface area contributed by atoms with Crippen molar-refractivity contribution in [1.29, 1.82) is 0 Å². The van der Waals surface area contributed by atoms with Crippen molar-refractivity contribution in [3.63, 3.8) is 0 Å². The average Bonchev–Trinajstić information content (AvgIpc) is 2.77. The molecule has 0 amide bonds. The van der Waals surface area contributed by atoms with E-state index in [2.05, 4.69) is 15.0 Å². The van der Waals surface area contributed by atoms with E-state index in [0.29, 0.717) is 35.0 Å². The van der Waals surface area contributed by atoms with Crippen molar-refractivity contribution < 1.29 is 14.3 Å². The molecule has 7 nitrogen and oxygen atoms in total. The summed E-state index contributed by atoms with van der Waals surface area (Å²) in [5.74, 6) is -0.235. The van der Waals surface area contributed by atoms with Gasteiger partial charge in [-0.15, -0.1) is 0 Å². The predicted octanol–water partition coefficient (Wildman–Crippen LogP) is 4.33. The molecule has 4 rings (SSSR count). The number of carbonyl (C=O) groups is 1. The van der Waals surface area contributed by atoms with E-state index >= 15 is 0 Å². The summed E-state index contributed by atoms with van der Waals surface area (Å²) in [6.45, 7) is 3.17. The number of thioether (sulfide) groups is 1. The summed E-state index contributed by atoms with van der Waals surface area (Å²) in [7, 11) is 1.28. The monoisotopic (exact) mass is 459 g/mol. The third-order valence-corrected chi connectivity index (χ3v) is 6.90. The number of nitrogens with one attached hydrogen (secondary N) is 1. The molecule has 0 radical (unpaired) electrons. The molecule has 31 heavy (non-hydrogen) atoms. The van der Waals surface area contributed by atoms with Crippen molar-refractivity contribution in [1.82, 2.24) is 15.0 Å². The molecule has 2 aromatic heterocycles. The molecule has 1 fully saturated rings. The second-order valence-corrected chi connectivity index (χ2v) is 8.98. The number of halogens is 1. The number of ether oxygens (including phenoxy) is 2. The largest absolute Gasteiger partial charge is 0.465 e. The van der Waals surface area contributed by atoms with Crippen LogP contribution in [0.15, 0.2) is 40.3 Å². The van der Waals surface area contributed by atoms with E-state index in [0.717, 1.165) is 18.4 Å². The van der Waals surface area contributed by atoms with E-state index in [1.165, 1.54) is 24.9 Å². The van der Waals surface area contributed by atoms with Crippen LogP contribution >= 0.6 is 23.4 Å². The van der Waals surface area contributed by atoms with Crippen molar-refractivity contribution in [3.05, 3.63) is 62.5 Å². The number of esters is 1. The molecule has 162 valence electrons. The van der Waals surface area contributed by atoms with Gasteiger partial charge in [0, 0.05) is 29.2 Å². The molecule has 1 N–H and O–H groups in total. The molecular formula is C22H22ClN3O4S. The van der Waals surface area contributed by atoms with Crippen molar-refractivity contribution in [3.8, 4) is 0 Å². The summed E-state index contributed by atoms with van der Waals surface area (Å²) in [6, 6.07) is 9.29. The van der Waals surface area contributed by atoms with Crippen molar-refractivity contribution in [2.75, 3.05) is 20.3 Å². The lowest BCUT2D eigenvalue weighted by Gasteiger charge is -2.30. The molecule has 3 heterocycles. The number of H-pyrrole nitrogens is 1. The molecule has 1 aromatic carbocycles. The fraction of sp³-hybridized carbons (Fsp3) is 0.364. The highest BCUT2D eigenvalue weighted by molar-refractivity contribution is 7.99. The third-order valence-electron chi connectivity index (χ3n) is 5.32. The molecule has 9 heteroatoms. The minimum Gasteiger partial charge on any atom is -0.465 e. The first-order valence-corrected chi connectivity index (χ1v) is 11.2. The maximum atomic E-state index is 12.9. The number of pyridine rings is 1. The van der Waals surface area contributed by atoms with E-state index < -0.39 is 11.5 Å². The standard InChI is InChI=1S/C22H22ClN3O4S/c1-12-11-16(21(28)29-2)17-19(24-12)25-22(26-20(17)27)31-18(14-7-9-30-10-8-14)13-3-5-15(23)6-4-13/h3-6,11,14,18H,7-10H2,1-2H3,(H,24,25,26,27). The van der Waals surface area contributed by atoms with Crippen LogP contribution in [-0.4, -0.2) is 41.2 Å². The first-order valence-electron chi connectivity index (χ1n) is 9.96. The lowest BCUT2D eigenvalue weighted by Crippen LogP contribution is -2.21. The predicted molar refractivity (Wildman–Crippen MR) is 120 cm³/mol. The third kappa shape index (κ3) is 4.76. The van der Waals surface area contributed by atoms with Gasteiger partial charge < -0.3 is 14.5 Å². The second kappa shape index (κ2) is 9.38. The smallest absolute Gasteiger partial charge is 0.338 e. The van der Waals surface area contributed by atoms with E-state index in [-0.39, 0.29) is 21.8 Å². The van der Waals surface area contributed by atoms with Crippen LogP contribution in [0.2, 0.25) is 5.02 Å². The van der Waals surface area contributed by atoms with Gasteiger partial charge in [-0.25, -0.2) is 14.8 Å². The highest BCUT2D eigenvalue weighted by Crippen LogP contribution is 2.43. The van der Waals surface area contributed by atoms with Gasteiger partial charge >= 0.3 is 5.97 Å². The van der Waals surface area contributed by atoms with Gasteiger partial charge in [-0.3, -0.25) is 4.79 Å². The number of aromatic amines is 1. The van der Waals surface area contributed by atoms with E-state index in [4.69, 9.17) is 21.1 Å². The Bertz CT molecular complexity index is 1160. The quantitative estimate of drug-likeness (QED) is 0.345. The molecule has 0 aliphatic carbocycles. The number of benzene rings is 1.